The molecule has 1 aromatic heterocycles. The van der Waals surface area contributed by atoms with Gasteiger partial charge in [-0.05, 0) is 37.3 Å². The highest BCUT2D eigenvalue weighted by Gasteiger charge is 2.42. The highest BCUT2D eigenvalue weighted by Crippen LogP contribution is 2.35. The van der Waals surface area contributed by atoms with Crippen molar-refractivity contribution >= 4 is 5.91 Å². The van der Waals surface area contributed by atoms with Gasteiger partial charge in [0.05, 0.1) is 6.10 Å². The van der Waals surface area contributed by atoms with Gasteiger partial charge in [0.1, 0.15) is 0 Å². The van der Waals surface area contributed by atoms with E-state index in [1.54, 1.807) is 12.4 Å². The summed E-state index contributed by atoms with van der Waals surface area (Å²) in [7, 11) is 0. The fourth-order valence-corrected chi connectivity index (χ4v) is 4.67. The van der Waals surface area contributed by atoms with E-state index in [-0.39, 0.29) is 17.9 Å². The number of aromatic nitrogens is 1. The summed E-state index contributed by atoms with van der Waals surface area (Å²) in [4.78, 5) is 19.6. The van der Waals surface area contributed by atoms with Gasteiger partial charge in [0.25, 0.3) is 0 Å². The molecule has 26 heavy (non-hydrogen) atoms. The number of hydrogen-bond donors (Lipinski definition) is 1. The number of amides is 1. The maximum atomic E-state index is 12.9. The molecule has 0 unspecified atom stereocenters. The first-order valence-electron chi connectivity index (χ1n) is 9.91. The number of likely N-dealkylation sites (tertiary alicyclic amines) is 1. The molecule has 6 heteroatoms. The monoisotopic (exact) mass is 359 g/mol. The van der Waals surface area contributed by atoms with E-state index in [1.807, 2.05) is 12.1 Å². The minimum Gasteiger partial charge on any atom is -0.381 e. The third-order valence-corrected chi connectivity index (χ3v) is 6.13. The molecule has 0 radical (unpaired) electrons. The molecule has 3 aliphatic rings. The number of fused-ring (bicyclic) bond motifs is 1. The van der Waals surface area contributed by atoms with Gasteiger partial charge in [-0.15, -0.1) is 0 Å². The fraction of sp³-hybridized carbons (Fsp3) is 0.700. The Labute approximate surface area is 155 Å². The predicted octanol–water partition coefficient (Wildman–Crippen LogP) is 1.60. The molecule has 3 atom stereocenters. The van der Waals surface area contributed by atoms with Gasteiger partial charge >= 0.3 is 0 Å². The van der Waals surface area contributed by atoms with Crippen LogP contribution in [0.1, 0.15) is 31.2 Å². The predicted molar refractivity (Wildman–Crippen MR) is 97.5 cm³/mol. The van der Waals surface area contributed by atoms with E-state index >= 15 is 0 Å². The molecule has 0 aromatic carbocycles. The maximum Gasteiger partial charge on any atom is 0.223 e. The van der Waals surface area contributed by atoms with Crippen LogP contribution in [0.5, 0.6) is 0 Å². The van der Waals surface area contributed by atoms with Gasteiger partial charge in [0, 0.05) is 69.7 Å². The van der Waals surface area contributed by atoms with E-state index in [4.69, 9.17) is 9.47 Å². The molecule has 3 saturated heterocycles. The number of piperidine rings is 1. The van der Waals surface area contributed by atoms with Crippen LogP contribution in [-0.4, -0.2) is 60.8 Å². The number of nitrogens with one attached hydrogen (secondary N) is 1. The molecule has 3 fully saturated rings. The number of carbonyl (C=O) groups excluding carboxylic acids is 1. The second-order valence-corrected chi connectivity index (χ2v) is 7.67. The lowest BCUT2D eigenvalue weighted by molar-refractivity contribution is -0.144. The van der Waals surface area contributed by atoms with Crippen molar-refractivity contribution in [3.05, 3.63) is 30.1 Å². The van der Waals surface area contributed by atoms with E-state index in [2.05, 4.69) is 15.2 Å². The van der Waals surface area contributed by atoms with Gasteiger partial charge in [-0.25, -0.2) is 0 Å². The van der Waals surface area contributed by atoms with Crippen LogP contribution in [0.2, 0.25) is 0 Å². The quantitative estimate of drug-likeness (QED) is 0.885. The summed E-state index contributed by atoms with van der Waals surface area (Å²) < 4.78 is 11.5. The normalized spacial score (nSPS) is 30.5. The molecule has 6 nitrogen and oxygen atoms in total. The number of carbonyl (C=O) groups is 1. The Morgan fingerprint density at radius 1 is 1.23 bits per heavy atom. The van der Waals surface area contributed by atoms with E-state index in [0.29, 0.717) is 25.1 Å². The summed E-state index contributed by atoms with van der Waals surface area (Å²) in [6.07, 6.45) is 7.86. The van der Waals surface area contributed by atoms with Gasteiger partial charge in [0.15, 0.2) is 0 Å². The summed E-state index contributed by atoms with van der Waals surface area (Å²) in [5.41, 5.74) is 1.04. The Morgan fingerprint density at radius 2 is 2.12 bits per heavy atom. The minimum absolute atomic E-state index is 0.0491. The highest BCUT2D eigenvalue weighted by molar-refractivity contribution is 5.79. The first-order valence-corrected chi connectivity index (χ1v) is 9.91. The second kappa shape index (κ2) is 8.46. The molecule has 0 saturated carbocycles. The molecular weight excluding hydrogens is 330 g/mol. The van der Waals surface area contributed by atoms with Gasteiger partial charge in [-0.3, -0.25) is 14.7 Å². The van der Waals surface area contributed by atoms with Crippen molar-refractivity contribution in [2.45, 2.75) is 44.4 Å². The Kier molecular flexibility index (Phi) is 5.82. The Balaban J connectivity index is 1.37. The van der Waals surface area contributed by atoms with Crippen molar-refractivity contribution in [3.63, 3.8) is 0 Å². The summed E-state index contributed by atoms with van der Waals surface area (Å²) in [5.74, 6) is 0.517. The van der Waals surface area contributed by atoms with Crippen molar-refractivity contribution in [2.24, 2.45) is 11.8 Å². The number of hydrogen-bond acceptors (Lipinski definition) is 5. The third-order valence-electron chi connectivity index (χ3n) is 6.13. The molecule has 0 bridgehead atoms. The van der Waals surface area contributed by atoms with Crippen molar-refractivity contribution in [3.8, 4) is 0 Å². The molecule has 0 aliphatic carbocycles. The van der Waals surface area contributed by atoms with Crippen LogP contribution in [0, 0.1) is 11.8 Å². The molecule has 3 aliphatic heterocycles. The lowest BCUT2D eigenvalue weighted by Crippen LogP contribution is -2.56. The van der Waals surface area contributed by atoms with E-state index in [0.717, 1.165) is 57.6 Å². The average molecular weight is 359 g/mol. The lowest BCUT2D eigenvalue weighted by Gasteiger charge is -2.47. The maximum absolute atomic E-state index is 12.9. The third kappa shape index (κ3) is 4.08. The number of ether oxygens (including phenoxy) is 2. The largest absolute Gasteiger partial charge is 0.381 e. The van der Waals surface area contributed by atoms with Crippen LogP contribution < -0.4 is 5.32 Å². The first-order chi connectivity index (χ1) is 12.8. The lowest BCUT2D eigenvalue weighted by atomic mass is 9.78. The van der Waals surface area contributed by atoms with E-state index < -0.39 is 0 Å². The molecule has 0 spiro atoms. The molecule has 4 heterocycles. The Morgan fingerprint density at radius 3 is 2.92 bits per heavy atom. The van der Waals surface area contributed by atoms with Gasteiger partial charge in [-0.1, -0.05) is 6.07 Å². The SMILES string of the molecule is O=C(NCc1cccnc1)[C@@H]1CCO[C@@H]2CCN(C3CCOCC3)C[C@H]21. The molecule has 1 aromatic rings. The smallest absolute Gasteiger partial charge is 0.223 e. The van der Waals surface area contributed by atoms with Crippen LogP contribution >= 0.6 is 0 Å². The Hall–Kier alpha value is -1.50. The van der Waals surface area contributed by atoms with Gasteiger partial charge in [0.2, 0.25) is 5.91 Å². The molecule has 1 N–H and O–H groups in total. The number of rotatable bonds is 4. The van der Waals surface area contributed by atoms with Crippen LogP contribution in [0.4, 0.5) is 0 Å². The summed E-state index contributed by atoms with van der Waals surface area (Å²) in [6.45, 7) is 5.02. The Bertz CT molecular complexity index is 591. The van der Waals surface area contributed by atoms with Gasteiger partial charge in [-0.2, -0.15) is 0 Å². The molecule has 1 amide bonds. The number of pyridine rings is 1. The van der Waals surface area contributed by atoms with Crippen LogP contribution in [0.3, 0.4) is 0 Å². The van der Waals surface area contributed by atoms with E-state index in [9.17, 15) is 4.79 Å². The standard InChI is InChI=1S/C20H29N3O3/c24-20(22-13-15-2-1-7-21-12-15)17-6-11-26-19-3-8-23(14-18(17)19)16-4-9-25-10-5-16/h1-2,7,12,16-19H,3-6,8-11,13-14H2,(H,22,24)/t17-,18+,19-/m1/s1. The fourth-order valence-electron chi connectivity index (χ4n) is 4.67. The van der Waals surface area contributed by atoms with E-state index in [1.165, 1.54) is 0 Å². The van der Waals surface area contributed by atoms with Crippen LogP contribution in [-0.2, 0) is 20.8 Å². The van der Waals surface area contributed by atoms with Crippen molar-refractivity contribution in [1.82, 2.24) is 15.2 Å². The first kappa shape index (κ1) is 17.9. The highest BCUT2D eigenvalue weighted by atomic mass is 16.5. The van der Waals surface area contributed by atoms with Crippen molar-refractivity contribution in [1.29, 1.82) is 0 Å². The molecular formula is C20H29N3O3. The summed E-state index contributed by atoms with van der Waals surface area (Å²) in [6, 6.07) is 4.50. The minimum atomic E-state index is 0.0491. The molecule has 4 rings (SSSR count). The van der Waals surface area contributed by atoms with Crippen molar-refractivity contribution < 1.29 is 14.3 Å². The van der Waals surface area contributed by atoms with Crippen LogP contribution in [0.25, 0.3) is 0 Å². The zero-order chi connectivity index (χ0) is 17.8. The number of nitrogens with zero attached hydrogens (tertiary/aromatic N) is 2. The average Bonchev–Trinajstić information content (AvgIpc) is 2.72. The zero-order valence-electron chi connectivity index (χ0n) is 15.3. The second-order valence-electron chi connectivity index (χ2n) is 7.67. The zero-order valence-corrected chi connectivity index (χ0v) is 15.3. The summed E-state index contributed by atoms with van der Waals surface area (Å²) >= 11 is 0. The summed E-state index contributed by atoms with van der Waals surface area (Å²) in [5, 5.41) is 3.12. The van der Waals surface area contributed by atoms with Crippen LogP contribution in [0.15, 0.2) is 24.5 Å². The van der Waals surface area contributed by atoms with Crippen molar-refractivity contribution in [2.75, 3.05) is 32.9 Å². The molecule has 142 valence electrons. The van der Waals surface area contributed by atoms with Gasteiger partial charge < -0.3 is 14.8 Å². The topological polar surface area (TPSA) is 63.7 Å².